The largest absolute Gasteiger partial charge is 0.397 e. The maximum Gasteiger partial charge on any atom is 0.0749 e. The molecule has 1 aliphatic rings. The number of hydrogen-bond donors (Lipinski definition) is 2. The van der Waals surface area contributed by atoms with Crippen LogP contribution in [0, 0.1) is 6.92 Å². The summed E-state index contributed by atoms with van der Waals surface area (Å²) >= 11 is 0. The van der Waals surface area contributed by atoms with Gasteiger partial charge in [0.25, 0.3) is 0 Å². The Balaban J connectivity index is 2.04. The molecule has 1 aromatic rings. The Hall–Kier alpha value is -1.26. The van der Waals surface area contributed by atoms with Gasteiger partial charge in [-0.1, -0.05) is 12.1 Å². The van der Waals surface area contributed by atoms with E-state index in [1.807, 2.05) is 12.1 Å². The predicted octanol–water partition coefficient (Wildman–Crippen LogP) is 1.15. The molecule has 0 unspecified atom stereocenters. The lowest BCUT2D eigenvalue weighted by Crippen LogP contribution is -2.47. The fraction of sp³-hybridized carbons (Fsp3) is 0.500. The minimum atomic E-state index is 0.818. The van der Waals surface area contributed by atoms with Crippen LogP contribution in [0.5, 0.6) is 0 Å². The molecule has 0 spiro atoms. The van der Waals surface area contributed by atoms with Crippen LogP contribution >= 0.6 is 0 Å². The highest BCUT2D eigenvalue weighted by atomic mass is 15.5. The van der Waals surface area contributed by atoms with E-state index >= 15 is 0 Å². The van der Waals surface area contributed by atoms with Crippen molar-refractivity contribution < 1.29 is 0 Å². The Kier molecular flexibility index (Phi) is 3.31. The number of likely N-dealkylation sites (N-methyl/N-ethyl adjacent to an activating group) is 1. The van der Waals surface area contributed by atoms with E-state index in [9.17, 15) is 0 Å². The van der Waals surface area contributed by atoms with Gasteiger partial charge in [-0.05, 0) is 25.6 Å². The lowest BCUT2D eigenvalue weighted by atomic mass is 10.2. The number of nitrogens with zero attached hydrogens (tertiary/aromatic N) is 2. The van der Waals surface area contributed by atoms with Gasteiger partial charge in [0.15, 0.2) is 0 Å². The number of nitrogens with two attached hydrogens (primary N) is 1. The van der Waals surface area contributed by atoms with Crippen LogP contribution in [-0.2, 0) is 0 Å². The average Bonchev–Trinajstić information content (AvgIpc) is 2.26. The van der Waals surface area contributed by atoms with Gasteiger partial charge in [-0.3, -0.25) is 0 Å². The van der Waals surface area contributed by atoms with Crippen molar-refractivity contribution in [2.24, 2.45) is 0 Å². The maximum atomic E-state index is 5.97. The molecule has 0 aliphatic carbocycles. The van der Waals surface area contributed by atoms with Crippen LogP contribution in [0.15, 0.2) is 18.2 Å². The first-order valence-corrected chi connectivity index (χ1v) is 5.72. The standard InChI is InChI=1S/C12H20N4/c1-10-4-3-5-11(13)12(10)14-16-8-6-15(2)7-9-16/h3-5,14H,6-9,13H2,1-2H3. The van der Waals surface area contributed by atoms with Crippen molar-refractivity contribution in [3.8, 4) is 0 Å². The molecule has 2 rings (SSSR count). The second-order valence-corrected chi connectivity index (χ2v) is 4.44. The number of para-hydroxylation sites is 1. The van der Waals surface area contributed by atoms with Gasteiger partial charge < -0.3 is 16.1 Å². The third kappa shape index (κ3) is 2.46. The average molecular weight is 220 g/mol. The molecule has 16 heavy (non-hydrogen) atoms. The van der Waals surface area contributed by atoms with Gasteiger partial charge >= 0.3 is 0 Å². The van der Waals surface area contributed by atoms with Crippen LogP contribution in [0.4, 0.5) is 11.4 Å². The van der Waals surface area contributed by atoms with E-state index in [4.69, 9.17) is 5.73 Å². The predicted molar refractivity (Wildman–Crippen MR) is 68.3 cm³/mol. The van der Waals surface area contributed by atoms with Gasteiger partial charge in [0, 0.05) is 26.2 Å². The molecule has 0 saturated carbocycles. The summed E-state index contributed by atoms with van der Waals surface area (Å²) < 4.78 is 0. The topological polar surface area (TPSA) is 44.5 Å². The van der Waals surface area contributed by atoms with E-state index in [1.165, 1.54) is 5.56 Å². The van der Waals surface area contributed by atoms with Crippen LogP contribution < -0.4 is 11.2 Å². The first-order chi connectivity index (χ1) is 7.66. The Bertz CT molecular complexity index is 336. The minimum absolute atomic E-state index is 0.818. The zero-order chi connectivity index (χ0) is 11.5. The fourth-order valence-electron chi connectivity index (χ4n) is 1.92. The summed E-state index contributed by atoms with van der Waals surface area (Å²) in [5, 5.41) is 2.23. The van der Waals surface area contributed by atoms with E-state index in [1.54, 1.807) is 0 Å². The SMILES string of the molecule is Cc1cccc(N)c1NN1CCN(C)CC1. The van der Waals surface area contributed by atoms with Crippen LogP contribution in [-0.4, -0.2) is 43.1 Å². The quantitative estimate of drug-likeness (QED) is 0.734. The zero-order valence-corrected chi connectivity index (χ0v) is 10.0. The highest BCUT2D eigenvalue weighted by molar-refractivity contribution is 5.69. The van der Waals surface area contributed by atoms with Crippen molar-refractivity contribution in [2.75, 3.05) is 44.4 Å². The Morgan fingerprint density at radius 1 is 1.19 bits per heavy atom. The summed E-state index contributed by atoms with van der Waals surface area (Å²) in [7, 11) is 2.15. The first-order valence-electron chi connectivity index (χ1n) is 5.72. The van der Waals surface area contributed by atoms with E-state index in [-0.39, 0.29) is 0 Å². The minimum Gasteiger partial charge on any atom is -0.397 e. The van der Waals surface area contributed by atoms with Crippen molar-refractivity contribution in [1.29, 1.82) is 0 Å². The van der Waals surface area contributed by atoms with Crippen molar-refractivity contribution in [3.05, 3.63) is 23.8 Å². The Morgan fingerprint density at radius 3 is 2.50 bits per heavy atom. The van der Waals surface area contributed by atoms with Crippen LogP contribution in [0.3, 0.4) is 0 Å². The summed E-state index contributed by atoms with van der Waals surface area (Å²) in [6, 6.07) is 6.00. The molecule has 0 atom stereocenters. The van der Waals surface area contributed by atoms with E-state index in [0.717, 1.165) is 37.6 Å². The van der Waals surface area contributed by atoms with Gasteiger partial charge in [0.05, 0.1) is 11.4 Å². The fourth-order valence-corrected chi connectivity index (χ4v) is 1.92. The van der Waals surface area contributed by atoms with E-state index in [2.05, 4.69) is 35.4 Å². The third-order valence-corrected chi connectivity index (χ3v) is 3.08. The first kappa shape index (κ1) is 11.2. The van der Waals surface area contributed by atoms with Gasteiger partial charge in [-0.2, -0.15) is 0 Å². The summed E-state index contributed by atoms with van der Waals surface area (Å²) in [4.78, 5) is 2.33. The molecule has 0 aromatic heterocycles. The number of hydrogen-bond acceptors (Lipinski definition) is 4. The number of benzene rings is 1. The number of piperazine rings is 1. The molecule has 88 valence electrons. The highest BCUT2D eigenvalue weighted by Crippen LogP contribution is 2.23. The second-order valence-electron chi connectivity index (χ2n) is 4.44. The normalized spacial score (nSPS) is 18.6. The van der Waals surface area contributed by atoms with Gasteiger partial charge in [-0.25, -0.2) is 5.01 Å². The molecule has 1 aromatic carbocycles. The smallest absolute Gasteiger partial charge is 0.0749 e. The van der Waals surface area contributed by atoms with E-state index in [0.29, 0.717) is 0 Å². The Morgan fingerprint density at radius 2 is 1.88 bits per heavy atom. The number of nitrogens with one attached hydrogen (secondary N) is 1. The summed E-state index contributed by atoms with van der Waals surface area (Å²) in [6.45, 7) is 6.33. The van der Waals surface area contributed by atoms with Crippen LogP contribution in [0.2, 0.25) is 0 Å². The maximum absolute atomic E-state index is 5.97. The van der Waals surface area contributed by atoms with E-state index < -0.39 is 0 Å². The van der Waals surface area contributed by atoms with Crippen LogP contribution in [0.1, 0.15) is 5.56 Å². The number of nitrogen functional groups attached to an aromatic ring is 1. The van der Waals surface area contributed by atoms with Crippen molar-refractivity contribution in [1.82, 2.24) is 9.91 Å². The zero-order valence-electron chi connectivity index (χ0n) is 10.0. The molecule has 0 bridgehead atoms. The molecule has 0 amide bonds. The molecule has 3 N–H and O–H groups in total. The lowest BCUT2D eigenvalue weighted by Gasteiger charge is -2.33. The third-order valence-electron chi connectivity index (χ3n) is 3.08. The molecule has 4 nitrogen and oxygen atoms in total. The molecule has 1 heterocycles. The molecular formula is C12H20N4. The van der Waals surface area contributed by atoms with Crippen molar-refractivity contribution in [2.45, 2.75) is 6.92 Å². The Labute approximate surface area is 97.0 Å². The summed E-state index contributed by atoms with van der Waals surface area (Å²) in [5.74, 6) is 0. The number of hydrazine groups is 1. The molecular weight excluding hydrogens is 200 g/mol. The molecule has 0 radical (unpaired) electrons. The summed E-state index contributed by atoms with van der Waals surface area (Å²) in [6.07, 6.45) is 0. The van der Waals surface area contributed by atoms with Crippen LogP contribution in [0.25, 0.3) is 0 Å². The van der Waals surface area contributed by atoms with Gasteiger partial charge in [0.2, 0.25) is 0 Å². The molecule has 1 aliphatic heterocycles. The number of aryl methyl sites for hydroxylation is 1. The molecule has 4 heteroatoms. The second kappa shape index (κ2) is 4.72. The lowest BCUT2D eigenvalue weighted by molar-refractivity contribution is 0.179. The number of rotatable bonds is 2. The molecule has 1 fully saturated rings. The van der Waals surface area contributed by atoms with Gasteiger partial charge in [0.1, 0.15) is 0 Å². The number of anilines is 2. The highest BCUT2D eigenvalue weighted by Gasteiger charge is 2.14. The van der Waals surface area contributed by atoms with Gasteiger partial charge in [-0.15, -0.1) is 0 Å². The van der Waals surface area contributed by atoms with Crippen molar-refractivity contribution >= 4 is 11.4 Å². The summed E-state index contributed by atoms with van der Waals surface area (Å²) in [5.41, 5.74) is 12.4. The monoisotopic (exact) mass is 220 g/mol. The molecule has 1 saturated heterocycles. The van der Waals surface area contributed by atoms with Crippen molar-refractivity contribution in [3.63, 3.8) is 0 Å².